The van der Waals surface area contributed by atoms with Crippen LogP contribution in [-0.2, 0) is 4.74 Å². The molecule has 0 radical (unpaired) electrons. The van der Waals surface area contributed by atoms with E-state index in [4.69, 9.17) is 16.3 Å². The van der Waals surface area contributed by atoms with E-state index in [9.17, 15) is 4.79 Å². The number of hydrogen-bond donors (Lipinski definition) is 3. The molecule has 1 aromatic carbocycles. The highest BCUT2D eigenvalue weighted by Crippen LogP contribution is 2.20. The molecule has 1 aromatic rings. The van der Waals surface area contributed by atoms with Crippen molar-refractivity contribution in [3.8, 4) is 0 Å². The van der Waals surface area contributed by atoms with E-state index < -0.39 is 0 Å². The van der Waals surface area contributed by atoms with Crippen LogP contribution in [0, 0.1) is 6.92 Å². The summed E-state index contributed by atoms with van der Waals surface area (Å²) in [5, 5.41) is 9.75. The molecule has 3 N–H and O–H groups in total. The molecule has 0 bridgehead atoms. The Morgan fingerprint density at radius 3 is 2.95 bits per heavy atom. The van der Waals surface area contributed by atoms with Crippen LogP contribution in [0.15, 0.2) is 18.2 Å². The predicted molar refractivity (Wildman–Crippen MR) is 85.1 cm³/mol. The average Bonchev–Trinajstić information content (AvgIpc) is 2.90. The van der Waals surface area contributed by atoms with E-state index in [1.165, 1.54) is 0 Å². The molecule has 1 fully saturated rings. The van der Waals surface area contributed by atoms with Gasteiger partial charge in [-0.1, -0.05) is 17.7 Å². The summed E-state index contributed by atoms with van der Waals surface area (Å²) >= 11 is 6.04. The molecule has 1 saturated heterocycles. The van der Waals surface area contributed by atoms with Crippen molar-refractivity contribution in [3.05, 3.63) is 28.8 Å². The SMILES string of the molecule is COCC1(CNC(=O)Nc2ccc(C)c(Cl)c2)CCCN1. The summed E-state index contributed by atoms with van der Waals surface area (Å²) in [6.45, 7) is 4.00. The second kappa shape index (κ2) is 7.11. The predicted octanol–water partition coefficient (Wildman–Crippen LogP) is 2.54. The number of hydrogen-bond acceptors (Lipinski definition) is 3. The lowest BCUT2D eigenvalue weighted by Crippen LogP contribution is -2.53. The van der Waals surface area contributed by atoms with E-state index in [2.05, 4.69) is 16.0 Å². The number of rotatable bonds is 5. The number of amides is 2. The van der Waals surface area contributed by atoms with Gasteiger partial charge in [-0.2, -0.15) is 0 Å². The van der Waals surface area contributed by atoms with Crippen molar-refractivity contribution >= 4 is 23.3 Å². The molecule has 1 unspecified atom stereocenters. The molecule has 21 heavy (non-hydrogen) atoms. The number of methoxy groups -OCH3 is 1. The third-order valence-electron chi connectivity index (χ3n) is 3.77. The Kier molecular flexibility index (Phi) is 5.45. The summed E-state index contributed by atoms with van der Waals surface area (Å²) in [7, 11) is 1.68. The first kappa shape index (κ1) is 16.1. The van der Waals surface area contributed by atoms with Gasteiger partial charge in [-0.05, 0) is 44.0 Å². The van der Waals surface area contributed by atoms with Gasteiger partial charge in [-0.15, -0.1) is 0 Å². The molecule has 116 valence electrons. The zero-order chi connectivity index (χ0) is 15.3. The van der Waals surface area contributed by atoms with E-state index in [1.54, 1.807) is 13.2 Å². The second-order valence-corrected chi connectivity index (χ2v) is 5.92. The van der Waals surface area contributed by atoms with Crippen LogP contribution in [0.3, 0.4) is 0 Å². The van der Waals surface area contributed by atoms with Gasteiger partial charge in [0.15, 0.2) is 0 Å². The lowest BCUT2D eigenvalue weighted by molar-refractivity contribution is 0.120. The summed E-state index contributed by atoms with van der Waals surface area (Å²) in [6, 6.07) is 5.22. The summed E-state index contributed by atoms with van der Waals surface area (Å²) in [4.78, 5) is 12.0. The number of benzene rings is 1. The van der Waals surface area contributed by atoms with Gasteiger partial charge in [0.05, 0.1) is 12.1 Å². The summed E-state index contributed by atoms with van der Waals surface area (Å²) < 4.78 is 5.26. The molecule has 0 spiro atoms. The average molecular weight is 312 g/mol. The van der Waals surface area contributed by atoms with Crippen LogP contribution in [0.4, 0.5) is 10.5 Å². The smallest absolute Gasteiger partial charge is 0.319 e. The number of carbonyl (C=O) groups excluding carboxylic acids is 1. The highest BCUT2D eigenvalue weighted by Gasteiger charge is 2.33. The maximum absolute atomic E-state index is 12.0. The van der Waals surface area contributed by atoms with Gasteiger partial charge in [0.25, 0.3) is 0 Å². The van der Waals surface area contributed by atoms with Crippen molar-refractivity contribution in [2.24, 2.45) is 0 Å². The normalized spacial score (nSPS) is 21.3. The van der Waals surface area contributed by atoms with Gasteiger partial charge in [-0.3, -0.25) is 0 Å². The van der Waals surface area contributed by atoms with Gasteiger partial charge < -0.3 is 20.7 Å². The molecule has 2 rings (SSSR count). The van der Waals surface area contributed by atoms with Crippen LogP contribution < -0.4 is 16.0 Å². The minimum Gasteiger partial charge on any atom is -0.383 e. The van der Waals surface area contributed by atoms with Crippen molar-refractivity contribution in [1.29, 1.82) is 0 Å². The summed E-state index contributed by atoms with van der Waals surface area (Å²) in [5.41, 5.74) is 1.51. The summed E-state index contributed by atoms with van der Waals surface area (Å²) in [5.74, 6) is 0. The number of ether oxygens (including phenoxy) is 1. The fourth-order valence-electron chi connectivity index (χ4n) is 2.57. The first-order valence-electron chi connectivity index (χ1n) is 7.10. The van der Waals surface area contributed by atoms with Gasteiger partial charge in [0, 0.05) is 24.4 Å². The number of urea groups is 1. The van der Waals surface area contributed by atoms with Crippen molar-refractivity contribution in [2.45, 2.75) is 25.3 Å². The zero-order valence-electron chi connectivity index (χ0n) is 12.5. The Hall–Kier alpha value is -1.30. The van der Waals surface area contributed by atoms with Crippen LogP contribution in [0.5, 0.6) is 0 Å². The molecular weight excluding hydrogens is 290 g/mol. The first-order chi connectivity index (χ1) is 10.0. The zero-order valence-corrected chi connectivity index (χ0v) is 13.2. The maximum Gasteiger partial charge on any atom is 0.319 e. The monoisotopic (exact) mass is 311 g/mol. The molecular formula is C15H22ClN3O2. The van der Waals surface area contributed by atoms with Gasteiger partial charge in [0.1, 0.15) is 0 Å². The number of halogens is 1. The molecule has 1 aliphatic rings. The Balaban J connectivity index is 1.87. The van der Waals surface area contributed by atoms with Crippen LogP contribution in [-0.4, -0.2) is 38.4 Å². The highest BCUT2D eigenvalue weighted by molar-refractivity contribution is 6.31. The molecule has 2 amide bonds. The standard InChI is InChI=1S/C15H22ClN3O2/c1-11-4-5-12(8-13(11)16)19-14(20)17-9-15(10-21-2)6-3-7-18-15/h4-5,8,18H,3,6-7,9-10H2,1-2H3,(H2,17,19,20). The van der Waals surface area contributed by atoms with E-state index >= 15 is 0 Å². The van der Waals surface area contributed by atoms with E-state index in [0.717, 1.165) is 24.9 Å². The van der Waals surface area contributed by atoms with Crippen LogP contribution >= 0.6 is 11.6 Å². The molecule has 5 nitrogen and oxygen atoms in total. The Labute approximate surface area is 130 Å². The third-order valence-corrected chi connectivity index (χ3v) is 4.18. The van der Waals surface area contributed by atoms with Gasteiger partial charge >= 0.3 is 6.03 Å². The van der Waals surface area contributed by atoms with Crippen molar-refractivity contribution < 1.29 is 9.53 Å². The van der Waals surface area contributed by atoms with Gasteiger partial charge in [0.2, 0.25) is 0 Å². The fraction of sp³-hybridized carbons (Fsp3) is 0.533. The summed E-state index contributed by atoms with van der Waals surface area (Å²) in [6.07, 6.45) is 2.09. The van der Waals surface area contributed by atoms with E-state index in [0.29, 0.717) is 23.9 Å². The van der Waals surface area contributed by atoms with E-state index in [1.807, 2.05) is 19.1 Å². The molecule has 0 aliphatic carbocycles. The highest BCUT2D eigenvalue weighted by atomic mass is 35.5. The molecule has 1 atom stereocenters. The first-order valence-corrected chi connectivity index (χ1v) is 7.47. The van der Waals surface area contributed by atoms with Crippen molar-refractivity contribution in [1.82, 2.24) is 10.6 Å². The molecule has 0 saturated carbocycles. The topological polar surface area (TPSA) is 62.4 Å². The van der Waals surface area contributed by atoms with Crippen LogP contribution in [0.2, 0.25) is 5.02 Å². The molecule has 6 heteroatoms. The maximum atomic E-state index is 12.0. The lowest BCUT2D eigenvalue weighted by atomic mass is 9.99. The fourth-order valence-corrected chi connectivity index (χ4v) is 2.75. The van der Waals surface area contributed by atoms with Crippen LogP contribution in [0.25, 0.3) is 0 Å². The third kappa shape index (κ3) is 4.33. The minimum absolute atomic E-state index is 0.156. The van der Waals surface area contributed by atoms with Crippen molar-refractivity contribution in [3.63, 3.8) is 0 Å². The Morgan fingerprint density at radius 2 is 2.33 bits per heavy atom. The quantitative estimate of drug-likeness (QED) is 0.783. The number of aryl methyl sites for hydroxylation is 1. The Morgan fingerprint density at radius 1 is 1.52 bits per heavy atom. The lowest BCUT2D eigenvalue weighted by Gasteiger charge is -2.28. The molecule has 0 aromatic heterocycles. The van der Waals surface area contributed by atoms with Crippen molar-refractivity contribution in [2.75, 3.05) is 32.1 Å². The largest absolute Gasteiger partial charge is 0.383 e. The molecule has 1 aliphatic heterocycles. The number of anilines is 1. The minimum atomic E-state index is -0.237. The van der Waals surface area contributed by atoms with Crippen LogP contribution in [0.1, 0.15) is 18.4 Å². The Bertz CT molecular complexity index is 502. The second-order valence-electron chi connectivity index (χ2n) is 5.52. The van der Waals surface area contributed by atoms with E-state index in [-0.39, 0.29) is 11.6 Å². The number of nitrogens with one attached hydrogen (secondary N) is 3. The molecule has 1 heterocycles. The van der Waals surface area contributed by atoms with Gasteiger partial charge in [-0.25, -0.2) is 4.79 Å². The number of carbonyl (C=O) groups is 1.